The van der Waals surface area contributed by atoms with Crippen molar-refractivity contribution in [1.29, 1.82) is 0 Å². The van der Waals surface area contributed by atoms with E-state index in [1.54, 1.807) is 13.0 Å². The third-order valence-corrected chi connectivity index (χ3v) is 3.69. The van der Waals surface area contributed by atoms with Crippen molar-refractivity contribution in [2.45, 2.75) is 19.4 Å². The van der Waals surface area contributed by atoms with Gasteiger partial charge in [-0.2, -0.15) is 0 Å². The Kier molecular flexibility index (Phi) is 2.88. The van der Waals surface area contributed by atoms with Crippen molar-refractivity contribution in [3.8, 4) is 0 Å². The Labute approximate surface area is 107 Å². The predicted molar refractivity (Wildman–Crippen MR) is 71.1 cm³/mol. The molecule has 2 aromatic carbocycles. The highest BCUT2D eigenvalue weighted by atomic mass is 19.1. The topological polar surface area (TPSA) is 12.0 Å². The largest absolute Gasteiger partial charge is 0.312 e. The van der Waals surface area contributed by atoms with Gasteiger partial charge in [-0.15, -0.1) is 0 Å². The van der Waals surface area contributed by atoms with Gasteiger partial charge in [0.2, 0.25) is 0 Å². The molecule has 1 aliphatic heterocycles. The first-order valence-electron chi connectivity index (χ1n) is 6.30. The summed E-state index contributed by atoms with van der Waals surface area (Å²) >= 11 is 0. The van der Waals surface area contributed by atoms with Crippen LogP contribution in [0.4, 0.5) is 4.39 Å². The van der Waals surface area contributed by atoms with Crippen LogP contribution in [0.1, 0.15) is 28.2 Å². The van der Waals surface area contributed by atoms with Crippen molar-refractivity contribution in [1.82, 2.24) is 5.32 Å². The Morgan fingerprint density at radius 2 is 2.00 bits per heavy atom. The molecule has 0 spiro atoms. The van der Waals surface area contributed by atoms with E-state index in [2.05, 4.69) is 29.6 Å². The minimum absolute atomic E-state index is 0.115. The number of hydrogen-bond acceptors (Lipinski definition) is 1. The maximum atomic E-state index is 13.7. The van der Waals surface area contributed by atoms with Crippen LogP contribution < -0.4 is 5.32 Å². The summed E-state index contributed by atoms with van der Waals surface area (Å²) in [5, 5.41) is 3.40. The average Bonchev–Trinajstić information content (AvgIpc) is 2.41. The van der Waals surface area contributed by atoms with E-state index in [1.165, 1.54) is 11.1 Å². The molecule has 2 heteroatoms. The summed E-state index contributed by atoms with van der Waals surface area (Å²) in [7, 11) is 0. The normalized spacial score (nSPS) is 18.4. The molecular formula is C16H16FN. The number of nitrogens with one attached hydrogen (secondary N) is 1. The Morgan fingerprint density at radius 1 is 1.17 bits per heavy atom. The van der Waals surface area contributed by atoms with Crippen molar-refractivity contribution >= 4 is 0 Å². The maximum Gasteiger partial charge on any atom is 0.126 e. The summed E-state index contributed by atoms with van der Waals surface area (Å²) in [4.78, 5) is 0. The lowest BCUT2D eigenvalue weighted by Gasteiger charge is -2.27. The summed E-state index contributed by atoms with van der Waals surface area (Å²) in [6.07, 6.45) is 0. The maximum absolute atomic E-state index is 13.7. The Bertz CT molecular complexity index is 577. The Morgan fingerprint density at radius 3 is 2.83 bits per heavy atom. The first kappa shape index (κ1) is 11.4. The molecule has 0 radical (unpaired) electrons. The molecule has 1 nitrogen and oxygen atoms in total. The fourth-order valence-corrected chi connectivity index (χ4v) is 2.62. The Balaban J connectivity index is 2.05. The quantitative estimate of drug-likeness (QED) is 0.807. The molecule has 1 aliphatic rings. The van der Waals surface area contributed by atoms with Gasteiger partial charge in [0.15, 0.2) is 0 Å². The zero-order chi connectivity index (χ0) is 12.5. The van der Waals surface area contributed by atoms with E-state index >= 15 is 0 Å². The van der Waals surface area contributed by atoms with Crippen molar-refractivity contribution in [3.05, 3.63) is 70.5 Å². The van der Waals surface area contributed by atoms with E-state index < -0.39 is 0 Å². The molecule has 18 heavy (non-hydrogen) atoms. The van der Waals surface area contributed by atoms with Gasteiger partial charge in [-0.25, -0.2) is 4.39 Å². The molecular weight excluding hydrogens is 225 g/mol. The lowest BCUT2D eigenvalue weighted by molar-refractivity contribution is 0.580. The molecule has 0 bridgehead atoms. The van der Waals surface area contributed by atoms with E-state index in [0.29, 0.717) is 5.56 Å². The molecule has 92 valence electrons. The predicted octanol–water partition coefficient (Wildman–Crippen LogP) is 3.37. The van der Waals surface area contributed by atoms with Gasteiger partial charge < -0.3 is 5.32 Å². The standard InChI is InChI=1S/C16H16FN/c1-11-6-7-12(8-16(11)17)15-10-18-9-13-4-2-3-5-14(13)15/h2-8,15,18H,9-10H2,1H3. The number of benzene rings is 2. The van der Waals surface area contributed by atoms with Gasteiger partial charge in [-0.05, 0) is 35.2 Å². The summed E-state index contributed by atoms with van der Waals surface area (Å²) in [5.74, 6) is 0.139. The molecule has 1 atom stereocenters. The molecule has 1 N–H and O–H groups in total. The van der Waals surface area contributed by atoms with E-state index in [4.69, 9.17) is 0 Å². The van der Waals surface area contributed by atoms with E-state index in [1.807, 2.05) is 12.1 Å². The summed E-state index contributed by atoms with van der Waals surface area (Å²) in [6, 6.07) is 14.0. The first-order valence-corrected chi connectivity index (χ1v) is 6.30. The zero-order valence-electron chi connectivity index (χ0n) is 10.4. The molecule has 0 amide bonds. The van der Waals surface area contributed by atoms with Crippen LogP contribution in [0.5, 0.6) is 0 Å². The van der Waals surface area contributed by atoms with Crippen LogP contribution >= 0.6 is 0 Å². The fourth-order valence-electron chi connectivity index (χ4n) is 2.62. The van der Waals surface area contributed by atoms with Gasteiger partial charge >= 0.3 is 0 Å². The van der Waals surface area contributed by atoms with Gasteiger partial charge in [0.05, 0.1) is 0 Å². The summed E-state index contributed by atoms with van der Waals surface area (Å²) < 4.78 is 13.7. The van der Waals surface area contributed by atoms with Crippen molar-refractivity contribution in [2.24, 2.45) is 0 Å². The van der Waals surface area contributed by atoms with Gasteiger partial charge in [0.25, 0.3) is 0 Å². The smallest absolute Gasteiger partial charge is 0.126 e. The molecule has 0 saturated carbocycles. The van der Waals surface area contributed by atoms with E-state index in [9.17, 15) is 4.39 Å². The van der Waals surface area contributed by atoms with Gasteiger partial charge in [0, 0.05) is 19.0 Å². The summed E-state index contributed by atoms with van der Waals surface area (Å²) in [6.45, 7) is 3.58. The van der Waals surface area contributed by atoms with Crippen molar-refractivity contribution < 1.29 is 4.39 Å². The third-order valence-electron chi connectivity index (χ3n) is 3.69. The number of aryl methyl sites for hydroxylation is 1. The minimum Gasteiger partial charge on any atom is -0.312 e. The molecule has 0 aliphatic carbocycles. The molecule has 0 fully saturated rings. The van der Waals surface area contributed by atoms with E-state index in [0.717, 1.165) is 18.7 Å². The average molecular weight is 241 g/mol. The van der Waals surface area contributed by atoms with Crippen LogP contribution in [-0.2, 0) is 6.54 Å². The number of rotatable bonds is 1. The monoisotopic (exact) mass is 241 g/mol. The van der Waals surface area contributed by atoms with Crippen molar-refractivity contribution in [3.63, 3.8) is 0 Å². The number of fused-ring (bicyclic) bond motifs is 1. The molecule has 3 rings (SSSR count). The van der Waals surface area contributed by atoms with Crippen LogP contribution in [0.15, 0.2) is 42.5 Å². The van der Waals surface area contributed by atoms with Crippen molar-refractivity contribution in [2.75, 3.05) is 6.54 Å². The number of halogens is 1. The second-order valence-electron chi connectivity index (χ2n) is 4.89. The van der Waals surface area contributed by atoms with Gasteiger partial charge in [-0.3, -0.25) is 0 Å². The molecule has 1 unspecified atom stereocenters. The SMILES string of the molecule is Cc1ccc(C2CNCc3ccccc32)cc1F. The van der Waals surface area contributed by atoms with Crippen LogP contribution in [-0.4, -0.2) is 6.54 Å². The lowest BCUT2D eigenvalue weighted by atomic mass is 9.85. The molecule has 0 aromatic heterocycles. The lowest BCUT2D eigenvalue weighted by Crippen LogP contribution is -2.28. The molecule has 0 saturated heterocycles. The van der Waals surface area contributed by atoms with E-state index in [-0.39, 0.29) is 11.7 Å². The highest BCUT2D eigenvalue weighted by Crippen LogP contribution is 2.30. The van der Waals surface area contributed by atoms with Crippen LogP contribution in [0.25, 0.3) is 0 Å². The highest BCUT2D eigenvalue weighted by molar-refractivity contribution is 5.41. The number of hydrogen-bond donors (Lipinski definition) is 1. The highest BCUT2D eigenvalue weighted by Gasteiger charge is 2.21. The first-order chi connectivity index (χ1) is 8.75. The third kappa shape index (κ3) is 1.93. The fraction of sp³-hybridized carbons (Fsp3) is 0.250. The second-order valence-corrected chi connectivity index (χ2v) is 4.89. The second kappa shape index (κ2) is 4.54. The Hall–Kier alpha value is -1.67. The van der Waals surface area contributed by atoms with Crippen LogP contribution in [0.3, 0.4) is 0 Å². The molecule has 1 heterocycles. The van der Waals surface area contributed by atoms with Crippen LogP contribution in [0.2, 0.25) is 0 Å². The zero-order valence-corrected chi connectivity index (χ0v) is 10.4. The summed E-state index contributed by atoms with van der Waals surface area (Å²) in [5.41, 5.74) is 4.39. The van der Waals surface area contributed by atoms with Gasteiger partial charge in [-0.1, -0.05) is 36.4 Å². The molecule has 2 aromatic rings. The minimum atomic E-state index is -0.115. The van der Waals surface area contributed by atoms with Crippen LogP contribution in [0, 0.1) is 12.7 Å². The van der Waals surface area contributed by atoms with Gasteiger partial charge in [0.1, 0.15) is 5.82 Å².